The maximum absolute atomic E-state index is 12.1. The standard InChI is InChI=1S/C11H14N2O4S2/c1-18-10-12-7(6-19-10)8(14)13-11(9(15)16)2-4-17-5-3-11/h6H,2-5H2,1H3,(H,13,14)(H,15,16). The molecule has 0 saturated carbocycles. The molecule has 0 radical (unpaired) electrons. The Morgan fingerprint density at radius 2 is 2.21 bits per heavy atom. The first kappa shape index (κ1) is 14.3. The van der Waals surface area contributed by atoms with E-state index >= 15 is 0 Å². The first-order valence-corrected chi connectivity index (χ1v) is 7.81. The van der Waals surface area contributed by atoms with Crippen molar-refractivity contribution in [1.29, 1.82) is 0 Å². The van der Waals surface area contributed by atoms with E-state index in [0.717, 1.165) is 4.34 Å². The van der Waals surface area contributed by atoms with Crippen LogP contribution in [0.2, 0.25) is 0 Å². The third-order valence-electron chi connectivity index (χ3n) is 3.00. The summed E-state index contributed by atoms with van der Waals surface area (Å²) >= 11 is 2.82. The number of aromatic nitrogens is 1. The normalized spacial score (nSPS) is 17.9. The lowest BCUT2D eigenvalue weighted by Crippen LogP contribution is -2.57. The van der Waals surface area contributed by atoms with Crippen LogP contribution in [0.1, 0.15) is 23.3 Å². The summed E-state index contributed by atoms with van der Waals surface area (Å²) in [7, 11) is 0. The predicted octanol–water partition coefficient (Wildman–Crippen LogP) is 1.23. The highest BCUT2D eigenvalue weighted by molar-refractivity contribution is 8.00. The highest BCUT2D eigenvalue weighted by Gasteiger charge is 2.42. The molecular weight excluding hydrogens is 288 g/mol. The Kier molecular flexibility index (Phi) is 4.43. The Hall–Kier alpha value is -1.12. The number of nitrogens with zero attached hydrogens (tertiary/aromatic N) is 1. The number of thiazole rings is 1. The van der Waals surface area contributed by atoms with E-state index in [1.165, 1.54) is 23.1 Å². The first-order valence-electron chi connectivity index (χ1n) is 5.70. The Balaban J connectivity index is 2.12. The molecule has 0 unspecified atom stereocenters. The number of carboxylic acid groups (broad SMARTS) is 1. The molecule has 0 bridgehead atoms. The van der Waals surface area contributed by atoms with Crippen LogP contribution in [0, 0.1) is 0 Å². The van der Waals surface area contributed by atoms with Crippen LogP contribution in [0.15, 0.2) is 9.72 Å². The van der Waals surface area contributed by atoms with Crippen molar-refractivity contribution < 1.29 is 19.4 Å². The van der Waals surface area contributed by atoms with E-state index in [0.29, 0.717) is 13.2 Å². The van der Waals surface area contributed by atoms with Gasteiger partial charge in [0.25, 0.3) is 5.91 Å². The van der Waals surface area contributed by atoms with Gasteiger partial charge in [0.2, 0.25) is 0 Å². The van der Waals surface area contributed by atoms with Gasteiger partial charge in [0.15, 0.2) is 0 Å². The molecule has 1 aromatic rings. The van der Waals surface area contributed by atoms with E-state index in [-0.39, 0.29) is 18.5 Å². The number of thioether (sulfide) groups is 1. The van der Waals surface area contributed by atoms with Gasteiger partial charge in [-0.15, -0.1) is 11.3 Å². The van der Waals surface area contributed by atoms with Gasteiger partial charge in [-0.05, 0) is 6.26 Å². The number of hydrogen-bond donors (Lipinski definition) is 2. The molecule has 1 amide bonds. The number of nitrogens with one attached hydrogen (secondary N) is 1. The summed E-state index contributed by atoms with van der Waals surface area (Å²) in [4.78, 5) is 27.6. The Bertz CT molecular complexity index is 483. The second-order valence-electron chi connectivity index (χ2n) is 4.16. The monoisotopic (exact) mass is 302 g/mol. The summed E-state index contributed by atoms with van der Waals surface area (Å²) in [5.74, 6) is -1.47. The predicted molar refractivity (Wildman–Crippen MR) is 71.8 cm³/mol. The summed E-state index contributed by atoms with van der Waals surface area (Å²) in [6.45, 7) is 0.666. The van der Waals surface area contributed by atoms with Gasteiger partial charge >= 0.3 is 5.97 Å². The van der Waals surface area contributed by atoms with E-state index in [9.17, 15) is 14.7 Å². The average molecular weight is 302 g/mol. The highest BCUT2D eigenvalue weighted by atomic mass is 32.2. The number of carbonyl (C=O) groups excluding carboxylic acids is 1. The van der Waals surface area contributed by atoms with E-state index < -0.39 is 17.4 Å². The van der Waals surface area contributed by atoms with E-state index in [1.807, 2.05) is 6.26 Å². The quantitative estimate of drug-likeness (QED) is 0.813. The van der Waals surface area contributed by atoms with E-state index in [1.54, 1.807) is 5.38 Å². The molecule has 6 nitrogen and oxygen atoms in total. The molecule has 1 aliphatic heterocycles. The maximum atomic E-state index is 12.1. The van der Waals surface area contributed by atoms with Gasteiger partial charge in [-0.25, -0.2) is 9.78 Å². The van der Waals surface area contributed by atoms with Crippen LogP contribution in [0.25, 0.3) is 0 Å². The number of carboxylic acids is 1. The Labute approximate surface area is 118 Å². The molecule has 1 aliphatic rings. The molecule has 0 aliphatic carbocycles. The lowest BCUT2D eigenvalue weighted by molar-refractivity contribution is -0.148. The Morgan fingerprint density at radius 1 is 1.53 bits per heavy atom. The third-order valence-corrected chi connectivity index (χ3v) is 4.86. The number of carbonyl (C=O) groups is 2. The van der Waals surface area contributed by atoms with Gasteiger partial charge < -0.3 is 15.2 Å². The number of amides is 1. The van der Waals surface area contributed by atoms with Crippen LogP contribution < -0.4 is 5.32 Å². The smallest absolute Gasteiger partial charge is 0.329 e. The van der Waals surface area contributed by atoms with Crippen molar-refractivity contribution in [1.82, 2.24) is 10.3 Å². The number of aliphatic carboxylic acids is 1. The van der Waals surface area contributed by atoms with Gasteiger partial charge in [-0.3, -0.25) is 4.79 Å². The molecule has 2 heterocycles. The molecule has 2 rings (SSSR count). The average Bonchev–Trinajstić information content (AvgIpc) is 2.88. The van der Waals surface area contributed by atoms with Gasteiger partial charge in [0.05, 0.1) is 0 Å². The summed E-state index contributed by atoms with van der Waals surface area (Å²) in [6.07, 6.45) is 2.42. The van der Waals surface area contributed by atoms with Crippen molar-refractivity contribution in [2.75, 3.05) is 19.5 Å². The largest absolute Gasteiger partial charge is 0.480 e. The molecule has 1 fully saturated rings. The highest BCUT2D eigenvalue weighted by Crippen LogP contribution is 2.23. The SMILES string of the molecule is CSc1nc(C(=O)NC2(C(=O)O)CCOCC2)cs1. The zero-order chi connectivity index (χ0) is 13.9. The van der Waals surface area contributed by atoms with Crippen LogP contribution >= 0.6 is 23.1 Å². The summed E-state index contributed by atoms with van der Waals surface area (Å²) in [5.41, 5.74) is -0.972. The molecule has 0 spiro atoms. The van der Waals surface area contributed by atoms with Crippen molar-refractivity contribution in [2.45, 2.75) is 22.7 Å². The van der Waals surface area contributed by atoms with Crippen LogP contribution in [0.5, 0.6) is 0 Å². The van der Waals surface area contributed by atoms with Crippen LogP contribution in [-0.4, -0.2) is 47.0 Å². The fourth-order valence-electron chi connectivity index (χ4n) is 1.85. The molecular formula is C11H14N2O4S2. The molecule has 1 aromatic heterocycles. The van der Waals surface area contributed by atoms with E-state index in [2.05, 4.69) is 10.3 Å². The molecule has 1 saturated heterocycles. The van der Waals surface area contributed by atoms with Gasteiger partial charge in [0, 0.05) is 31.4 Å². The minimum absolute atomic E-state index is 0.265. The van der Waals surface area contributed by atoms with Crippen LogP contribution in [0.3, 0.4) is 0 Å². The van der Waals surface area contributed by atoms with Crippen molar-refractivity contribution in [3.8, 4) is 0 Å². The minimum atomic E-state index is -1.24. The first-order chi connectivity index (χ1) is 9.07. The van der Waals surface area contributed by atoms with Crippen molar-refractivity contribution in [3.63, 3.8) is 0 Å². The molecule has 104 valence electrons. The zero-order valence-electron chi connectivity index (χ0n) is 10.3. The number of rotatable bonds is 4. The zero-order valence-corrected chi connectivity index (χ0v) is 12.0. The molecule has 19 heavy (non-hydrogen) atoms. The topological polar surface area (TPSA) is 88.5 Å². The van der Waals surface area contributed by atoms with Gasteiger partial charge in [0.1, 0.15) is 15.6 Å². The number of hydrogen-bond acceptors (Lipinski definition) is 6. The third kappa shape index (κ3) is 3.07. The van der Waals surface area contributed by atoms with Gasteiger partial charge in [-0.1, -0.05) is 11.8 Å². The lowest BCUT2D eigenvalue weighted by Gasteiger charge is -2.33. The van der Waals surface area contributed by atoms with E-state index in [4.69, 9.17) is 4.74 Å². The maximum Gasteiger partial charge on any atom is 0.329 e. The molecule has 8 heteroatoms. The summed E-state index contributed by atoms with van der Waals surface area (Å²) < 4.78 is 5.93. The van der Waals surface area contributed by atoms with Crippen LogP contribution in [-0.2, 0) is 9.53 Å². The second-order valence-corrected chi connectivity index (χ2v) is 6.07. The minimum Gasteiger partial charge on any atom is -0.480 e. The Morgan fingerprint density at radius 3 is 2.74 bits per heavy atom. The fraction of sp³-hybridized carbons (Fsp3) is 0.545. The fourth-order valence-corrected chi connectivity index (χ4v) is 3.09. The van der Waals surface area contributed by atoms with Crippen LogP contribution in [0.4, 0.5) is 0 Å². The summed E-state index contributed by atoms with van der Waals surface area (Å²) in [6, 6.07) is 0. The number of ether oxygens (including phenoxy) is 1. The lowest BCUT2D eigenvalue weighted by atomic mass is 9.90. The second kappa shape index (κ2) is 5.89. The van der Waals surface area contributed by atoms with Gasteiger partial charge in [-0.2, -0.15) is 0 Å². The molecule has 0 aromatic carbocycles. The molecule has 0 atom stereocenters. The van der Waals surface area contributed by atoms with Crippen molar-refractivity contribution >= 4 is 35.0 Å². The van der Waals surface area contributed by atoms with Crippen molar-refractivity contribution in [3.05, 3.63) is 11.1 Å². The summed E-state index contributed by atoms with van der Waals surface area (Å²) in [5, 5.41) is 13.6. The van der Waals surface area contributed by atoms with Crippen molar-refractivity contribution in [2.24, 2.45) is 0 Å². The molecule has 2 N–H and O–H groups in total.